The van der Waals surface area contributed by atoms with Crippen molar-refractivity contribution < 1.29 is 9.21 Å². The molecule has 2 aromatic heterocycles. The quantitative estimate of drug-likeness (QED) is 0.830. The lowest BCUT2D eigenvalue weighted by Gasteiger charge is -2.11. The van der Waals surface area contributed by atoms with Crippen molar-refractivity contribution in [2.75, 3.05) is 12.4 Å². The third-order valence-corrected chi connectivity index (χ3v) is 4.72. The largest absolute Gasteiger partial charge is 0.469 e. The number of nitrogens with two attached hydrogens (primary N) is 1. The molecule has 2 aromatic rings. The molecule has 0 radical (unpaired) electrons. The van der Waals surface area contributed by atoms with Gasteiger partial charge in [0, 0.05) is 6.54 Å². The summed E-state index contributed by atoms with van der Waals surface area (Å²) in [4.78, 5) is 12.0. The molecule has 0 aliphatic carbocycles. The summed E-state index contributed by atoms with van der Waals surface area (Å²) in [6.45, 7) is 2.58. The maximum atomic E-state index is 12.0. The second-order valence-electron chi connectivity index (χ2n) is 4.96. The number of thioether (sulfide) groups is 1. The molecule has 112 valence electrons. The number of furan rings is 1. The highest BCUT2D eigenvalue weighted by molar-refractivity contribution is 8.00. The summed E-state index contributed by atoms with van der Waals surface area (Å²) in [6, 6.07) is 1.80. The lowest BCUT2D eigenvalue weighted by Crippen LogP contribution is -2.31. The summed E-state index contributed by atoms with van der Waals surface area (Å²) in [6.07, 6.45) is 4.44. The molecule has 1 amide bonds. The molecule has 0 aromatic carbocycles. The molecule has 1 atom stereocenters. The summed E-state index contributed by atoms with van der Waals surface area (Å²) in [7, 11) is 0. The molecule has 21 heavy (non-hydrogen) atoms. The van der Waals surface area contributed by atoms with Crippen LogP contribution in [0.1, 0.15) is 25.0 Å². The van der Waals surface area contributed by atoms with Gasteiger partial charge in [-0.15, -0.1) is 10.2 Å². The standard InChI is InChI=1S/C13H17N5O2S/c1-8-9(5-7-20-8)11-16-17-13(18(11)14)21-10-4-2-3-6-15-12(10)19/h5,7,10H,2-4,6,14H2,1H3,(H,15,19). The van der Waals surface area contributed by atoms with Crippen LogP contribution in [-0.4, -0.2) is 32.6 Å². The fourth-order valence-electron chi connectivity index (χ4n) is 2.31. The lowest BCUT2D eigenvalue weighted by atomic mass is 10.2. The van der Waals surface area contributed by atoms with E-state index in [1.807, 2.05) is 6.92 Å². The Hall–Kier alpha value is -1.96. The Morgan fingerprint density at radius 2 is 2.33 bits per heavy atom. The number of aromatic nitrogens is 3. The van der Waals surface area contributed by atoms with Gasteiger partial charge < -0.3 is 15.6 Å². The number of carbonyl (C=O) groups is 1. The smallest absolute Gasteiger partial charge is 0.233 e. The Bertz CT molecular complexity index is 651. The third-order valence-electron chi connectivity index (χ3n) is 3.50. The summed E-state index contributed by atoms with van der Waals surface area (Å²) < 4.78 is 6.68. The Labute approximate surface area is 126 Å². The van der Waals surface area contributed by atoms with Crippen molar-refractivity contribution in [1.29, 1.82) is 0 Å². The Morgan fingerprint density at radius 3 is 3.10 bits per heavy atom. The van der Waals surface area contributed by atoms with Crippen LogP contribution in [0.2, 0.25) is 0 Å². The Morgan fingerprint density at radius 1 is 1.48 bits per heavy atom. The zero-order valence-corrected chi connectivity index (χ0v) is 12.5. The molecule has 8 heteroatoms. The van der Waals surface area contributed by atoms with Gasteiger partial charge in [0.05, 0.1) is 17.1 Å². The number of amides is 1. The van der Waals surface area contributed by atoms with Crippen LogP contribution in [0.15, 0.2) is 21.9 Å². The number of nitrogens with zero attached hydrogens (tertiary/aromatic N) is 3. The van der Waals surface area contributed by atoms with Crippen LogP contribution in [0.5, 0.6) is 0 Å². The number of rotatable bonds is 3. The van der Waals surface area contributed by atoms with Gasteiger partial charge in [0.15, 0.2) is 5.82 Å². The Kier molecular flexibility index (Phi) is 3.87. The predicted octanol–water partition coefficient (Wildman–Crippen LogP) is 1.32. The average molecular weight is 307 g/mol. The summed E-state index contributed by atoms with van der Waals surface area (Å²) in [5, 5.41) is 11.5. The summed E-state index contributed by atoms with van der Waals surface area (Å²) in [5.74, 6) is 7.38. The maximum absolute atomic E-state index is 12.0. The van der Waals surface area contributed by atoms with E-state index in [4.69, 9.17) is 10.3 Å². The predicted molar refractivity (Wildman–Crippen MR) is 79.1 cm³/mol. The van der Waals surface area contributed by atoms with E-state index >= 15 is 0 Å². The van der Waals surface area contributed by atoms with Crippen molar-refractivity contribution in [3.8, 4) is 11.4 Å². The molecule has 3 N–H and O–H groups in total. The molecule has 1 aliphatic rings. The van der Waals surface area contributed by atoms with Crippen LogP contribution in [0.25, 0.3) is 11.4 Å². The molecule has 0 saturated carbocycles. The van der Waals surface area contributed by atoms with Crippen LogP contribution in [0.3, 0.4) is 0 Å². The first-order valence-electron chi connectivity index (χ1n) is 6.86. The van der Waals surface area contributed by atoms with E-state index in [1.54, 1.807) is 12.3 Å². The highest BCUT2D eigenvalue weighted by atomic mass is 32.2. The molecular formula is C13H17N5O2S. The number of aryl methyl sites for hydroxylation is 1. The molecule has 7 nitrogen and oxygen atoms in total. The van der Waals surface area contributed by atoms with Gasteiger partial charge >= 0.3 is 0 Å². The topological polar surface area (TPSA) is 99.0 Å². The molecule has 3 rings (SSSR count). The van der Waals surface area contributed by atoms with Crippen molar-refractivity contribution in [2.45, 2.75) is 36.6 Å². The molecular weight excluding hydrogens is 290 g/mol. The van der Waals surface area contributed by atoms with Crippen LogP contribution < -0.4 is 11.2 Å². The highest BCUT2D eigenvalue weighted by Gasteiger charge is 2.25. The van der Waals surface area contributed by atoms with Gasteiger partial charge in [0.2, 0.25) is 11.1 Å². The number of hydrogen-bond donors (Lipinski definition) is 2. The zero-order chi connectivity index (χ0) is 14.8. The van der Waals surface area contributed by atoms with Crippen molar-refractivity contribution in [1.82, 2.24) is 20.2 Å². The van der Waals surface area contributed by atoms with Gasteiger partial charge in [-0.1, -0.05) is 18.2 Å². The van der Waals surface area contributed by atoms with Gasteiger partial charge in [-0.2, -0.15) is 0 Å². The van der Waals surface area contributed by atoms with Gasteiger partial charge in [0.25, 0.3) is 0 Å². The fourth-order valence-corrected chi connectivity index (χ4v) is 3.33. The van der Waals surface area contributed by atoms with Crippen LogP contribution in [0.4, 0.5) is 0 Å². The zero-order valence-electron chi connectivity index (χ0n) is 11.7. The normalized spacial score (nSPS) is 19.3. The first-order chi connectivity index (χ1) is 10.2. The van der Waals surface area contributed by atoms with Gasteiger partial charge in [-0.05, 0) is 25.8 Å². The fraction of sp³-hybridized carbons (Fsp3) is 0.462. The van der Waals surface area contributed by atoms with Crippen molar-refractivity contribution in [3.05, 3.63) is 18.1 Å². The van der Waals surface area contributed by atoms with Crippen LogP contribution in [0, 0.1) is 6.92 Å². The average Bonchev–Trinajstić information content (AvgIpc) is 2.96. The van der Waals surface area contributed by atoms with Gasteiger partial charge in [-0.25, -0.2) is 4.68 Å². The molecule has 1 aliphatic heterocycles. The summed E-state index contributed by atoms with van der Waals surface area (Å²) >= 11 is 1.36. The second kappa shape index (κ2) is 5.80. The second-order valence-corrected chi connectivity index (χ2v) is 6.13. The minimum Gasteiger partial charge on any atom is -0.469 e. The van der Waals surface area contributed by atoms with Crippen LogP contribution in [-0.2, 0) is 4.79 Å². The molecule has 0 bridgehead atoms. The number of nitrogen functional groups attached to an aromatic ring is 1. The highest BCUT2D eigenvalue weighted by Crippen LogP contribution is 2.29. The minimum absolute atomic E-state index is 0.0431. The van der Waals surface area contributed by atoms with E-state index in [-0.39, 0.29) is 11.2 Å². The molecule has 1 unspecified atom stereocenters. The monoisotopic (exact) mass is 307 g/mol. The van der Waals surface area contributed by atoms with E-state index in [0.717, 1.165) is 37.1 Å². The first kappa shape index (κ1) is 14.0. The Balaban J connectivity index is 1.82. The van der Waals surface area contributed by atoms with Crippen molar-refractivity contribution >= 4 is 17.7 Å². The maximum Gasteiger partial charge on any atom is 0.233 e. The first-order valence-corrected chi connectivity index (χ1v) is 7.74. The van der Waals surface area contributed by atoms with E-state index in [9.17, 15) is 4.79 Å². The molecule has 1 fully saturated rings. The van der Waals surface area contributed by atoms with E-state index < -0.39 is 0 Å². The SMILES string of the molecule is Cc1occc1-c1nnc(SC2CCCCNC2=O)n1N. The van der Waals surface area contributed by atoms with Gasteiger partial charge in [0.1, 0.15) is 5.76 Å². The number of carbonyl (C=O) groups excluding carboxylic acids is 1. The minimum atomic E-state index is -0.169. The number of hydrogen-bond acceptors (Lipinski definition) is 6. The molecule has 3 heterocycles. The number of nitrogens with one attached hydrogen (secondary N) is 1. The third kappa shape index (κ3) is 2.76. The van der Waals surface area contributed by atoms with E-state index in [2.05, 4.69) is 15.5 Å². The van der Waals surface area contributed by atoms with Gasteiger partial charge in [-0.3, -0.25) is 4.79 Å². The molecule has 1 saturated heterocycles. The van der Waals surface area contributed by atoms with Crippen molar-refractivity contribution in [3.63, 3.8) is 0 Å². The van der Waals surface area contributed by atoms with Crippen molar-refractivity contribution in [2.24, 2.45) is 0 Å². The lowest BCUT2D eigenvalue weighted by molar-refractivity contribution is -0.120. The van der Waals surface area contributed by atoms with E-state index in [1.165, 1.54) is 16.4 Å². The molecule has 0 spiro atoms. The summed E-state index contributed by atoms with van der Waals surface area (Å²) in [5.41, 5.74) is 0.808. The van der Waals surface area contributed by atoms with E-state index in [0.29, 0.717) is 11.0 Å². The van der Waals surface area contributed by atoms with Crippen LogP contribution >= 0.6 is 11.8 Å².